The Morgan fingerprint density at radius 1 is 1.75 bits per heavy atom. The minimum absolute atomic E-state index is 0. The van der Waals surface area contributed by atoms with Crippen molar-refractivity contribution in [3.8, 4) is 0 Å². The monoisotopic (exact) mass is 161 g/mol. The van der Waals surface area contributed by atoms with Gasteiger partial charge >= 0.3 is 0 Å². The van der Waals surface area contributed by atoms with E-state index in [1.807, 2.05) is 0 Å². The van der Waals surface area contributed by atoms with Crippen LogP contribution in [0.4, 0.5) is 0 Å². The molecule has 0 saturated carbocycles. The zero-order chi connectivity index (χ0) is 2.71. The molecule has 4 heavy (non-hydrogen) atoms. The Kier molecular flexibility index (Phi) is 21.9. The van der Waals surface area contributed by atoms with E-state index in [1.165, 1.54) is 0 Å². The standard InChI is InChI=1S/CHNS.Ru/c2-1-3;/h2H;. The number of rotatable bonds is 0. The van der Waals surface area contributed by atoms with Gasteiger partial charge in [-0.05, 0) is 12.2 Å². The van der Waals surface area contributed by atoms with Gasteiger partial charge in [0.15, 0.2) is 0 Å². The van der Waals surface area contributed by atoms with Gasteiger partial charge in [-0.15, -0.1) is 0 Å². The summed E-state index contributed by atoms with van der Waals surface area (Å²) in [6, 6.07) is 0. The van der Waals surface area contributed by atoms with E-state index < -0.39 is 0 Å². The third kappa shape index (κ3) is 27.4. The largest absolute Gasteiger partial charge is 0.248 e. The quantitative estimate of drug-likeness (QED) is 0.314. The molecule has 0 fully saturated rings. The number of hydrogen-bond acceptors (Lipinski definition) is 2. The van der Waals surface area contributed by atoms with E-state index in [1.54, 1.807) is 5.16 Å². The summed E-state index contributed by atoms with van der Waals surface area (Å²) in [4.78, 5) is 0. The molecule has 0 aliphatic heterocycles. The zero-order valence-electron chi connectivity index (χ0n) is 1.76. The predicted octanol–water partition coefficient (Wildman–Crippen LogP) is 0.665. The first kappa shape index (κ1) is 8.83. The Hall–Kier alpha value is 0.423. The van der Waals surface area contributed by atoms with Gasteiger partial charge in [0.2, 0.25) is 0 Å². The second kappa shape index (κ2) is 9.92. The van der Waals surface area contributed by atoms with Crippen molar-refractivity contribution in [1.29, 1.82) is 5.41 Å². The van der Waals surface area contributed by atoms with Gasteiger partial charge in [-0.1, -0.05) is 0 Å². The van der Waals surface area contributed by atoms with E-state index in [9.17, 15) is 0 Å². The van der Waals surface area contributed by atoms with Crippen molar-refractivity contribution >= 4 is 17.4 Å². The fourth-order valence-electron chi connectivity index (χ4n) is 0. The van der Waals surface area contributed by atoms with Crippen molar-refractivity contribution in [3.63, 3.8) is 0 Å². The molecular formula is CHNRuS. The van der Waals surface area contributed by atoms with Crippen LogP contribution in [0, 0.1) is 5.41 Å². The molecule has 0 atom stereocenters. The van der Waals surface area contributed by atoms with Crippen molar-refractivity contribution < 1.29 is 19.5 Å². The van der Waals surface area contributed by atoms with Gasteiger partial charge in [0, 0.05) is 19.5 Å². The Morgan fingerprint density at radius 3 is 1.75 bits per heavy atom. The van der Waals surface area contributed by atoms with E-state index in [4.69, 9.17) is 5.41 Å². The molecule has 0 heterocycles. The maximum atomic E-state index is 5.77. The van der Waals surface area contributed by atoms with Crippen LogP contribution in [0.15, 0.2) is 0 Å². The first-order chi connectivity index (χ1) is 1.41. The van der Waals surface area contributed by atoms with Gasteiger partial charge in [0.25, 0.3) is 0 Å². The Labute approximate surface area is 42.7 Å². The Morgan fingerprint density at radius 2 is 1.75 bits per heavy atom. The van der Waals surface area contributed by atoms with Crippen LogP contribution in [0.5, 0.6) is 0 Å². The average molecular weight is 160 g/mol. The third-order valence-electron chi connectivity index (χ3n) is 0. The first-order valence-electron chi connectivity index (χ1n) is 0.454. The summed E-state index contributed by atoms with van der Waals surface area (Å²) >= 11 is 3.81. The van der Waals surface area contributed by atoms with Gasteiger partial charge in [-0.3, -0.25) is 0 Å². The van der Waals surface area contributed by atoms with Crippen LogP contribution in [-0.4, -0.2) is 5.16 Å². The summed E-state index contributed by atoms with van der Waals surface area (Å²) in [5.74, 6) is 0. The van der Waals surface area contributed by atoms with Crippen LogP contribution in [0.25, 0.3) is 0 Å². The maximum Gasteiger partial charge on any atom is 0.0554 e. The topological polar surface area (TPSA) is 23.9 Å². The molecule has 3 heteroatoms. The molecular weight excluding hydrogens is 159 g/mol. The molecule has 0 aliphatic rings. The van der Waals surface area contributed by atoms with Gasteiger partial charge in [0.1, 0.15) is 0 Å². The van der Waals surface area contributed by atoms with Crippen molar-refractivity contribution in [2.75, 3.05) is 0 Å². The summed E-state index contributed by atoms with van der Waals surface area (Å²) in [6.07, 6.45) is 0. The Balaban J connectivity index is 0. The normalized spacial score (nSPS) is 2.00. The van der Waals surface area contributed by atoms with Crippen LogP contribution >= 0.6 is 12.2 Å². The van der Waals surface area contributed by atoms with E-state index >= 15 is 0 Å². The molecule has 1 N–H and O–H groups in total. The van der Waals surface area contributed by atoms with Crippen molar-refractivity contribution in [1.82, 2.24) is 0 Å². The van der Waals surface area contributed by atoms with Crippen LogP contribution < -0.4 is 0 Å². The number of isothiocyanates is 1. The van der Waals surface area contributed by atoms with Gasteiger partial charge in [0.05, 0.1) is 5.16 Å². The van der Waals surface area contributed by atoms with Crippen LogP contribution in [0.1, 0.15) is 0 Å². The fourth-order valence-corrected chi connectivity index (χ4v) is 0. The molecule has 0 saturated heterocycles. The second-order valence-corrected chi connectivity index (χ2v) is 0.306. The van der Waals surface area contributed by atoms with Gasteiger partial charge < -0.3 is 0 Å². The summed E-state index contributed by atoms with van der Waals surface area (Å²) in [5.41, 5.74) is 0. The zero-order valence-corrected chi connectivity index (χ0v) is 4.32. The summed E-state index contributed by atoms with van der Waals surface area (Å²) in [7, 11) is 0. The predicted molar refractivity (Wildman–Crippen MR) is 15.3 cm³/mol. The van der Waals surface area contributed by atoms with E-state index in [0.717, 1.165) is 0 Å². The molecule has 1 nitrogen and oxygen atoms in total. The summed E-state index contributed by atoms with van der Waals surface area (Å²) < 4.78 is 0. The van der Waals surface area contributed by atoms with E-state index in [2.05, 4.69) is 12.2 Å². The van der Waals surface area contributed by atoms with Crippen LogP contribution in [0.3, 0.4) is 0 Å². The number of thiocarbonyl (C=S) groups is 1. The molecule has 0 amide bonds. The number of hydrogen-bond donors (Lipinski definition) is 1. The molecule has 0 rings (SSSR count). The average Bonchev–Trinajstić information content (AvgIpc) is 0.918. The van der Waals surface area contributed by atoms with Crippen molar-refractivity contribution in [2.45, 2.75) is 0 Å². The molecule has 0 unspecified atom stereocenters. The fraction of sp³-hybridized carbons (Fsp3) is 0. The summed E-state index contributed by atoms with van der Waals surface area (Å²) in [6.45, 7) is 0. The SMILES string of the molecule is N=C=S.[Ru]. The maximum absolute atomic E-state index is 5.77. The molecule has 24 valence electrons. The smallest absolute Gasteiger partial charge is 0.0554 e. The second-order valence-electron chi connectivity index (χ2n) is 0.102. The van der Waals surface area contributed by atoms with Crippen molar-refractivity contribution in [3.05, 3.63) is 0 Å². The molecule has 0 aromatic heterocycles. The van der Waals surface area contributed by atoms with Crippen LogP contribution in [0.2, 0.25) is 0 Å². The van der Waals surface area contributed by atoms with Crippen LogP contribution in [-0.2, 0) is 19.5 Å². The minimum Gasteiger partial charge on any atom is -0.248 e. The molecule has 0 bridgehead atoms. The first-order valence-corrected chi connectivity index (χ1v) is 0.862. The third-order valence-corrected chi connectivity index (χ3v) is 0. The molecule has 0 aliphatic carbocycles. The van der Waals surface area contributed by atoms with Gasteiger partial charge in [-0.25, -0.2) is 5.41 Å². The molecule has 0 aromatic rings. The van der Waals surface area contributed by atoms with E-state index in [-0.39, 0.29) is 19.5 Å². The molecule has 0 spiro atoms. The molecule has 0 radical (unpaired) electrons. The minimum atomic E-state index is 0. The van der Waals surface area contributed by atoms with Gasteiger partial charge in [-0.2, -0.15) is 0 Å². The number of nitrogens with one attached hydrogen (secondary N) is 1. The summed E-state index contributed by atoms with van der Waals surface area (Å²) in [5, 5.41) is 7.36. The van der Waals surface area contributed by atoms with Crippen molar-refractivity contribution in [2.24, 2.45) is 0 Å². The Bertz CT molecular complexity index is 29.0. The van der Waals surface area contributed by atoms with E-state index in [0.29, 0.717) is 0 Å². The molecule has 0 aromatic carbocycles.